The predicted octanol–water partition coefficient (Wildman–Crippen LogP) is 4.18. The molecule has 2 aromatic carbocycles. The molecule has 172 valence electrons. The van der Waals surface area contributed by atoms with E-state index in [1.807, 2.05) is 43.3 Å². The van der Waals surface area contributed by atoms with Crippen LogP contribution in [-0.2, 0) is 12.0 Å². The van der Waals surface area contributed by atoms with Crippen molar-refractivity contribution in [3.8, 4) is 11.4 Å². The lowest BCUT2D eigenvalue weighted by atomic mass is 9.86. The average Bonchev–Trinajstić information content (AvgIpc) is 3.30. The van der Waals surface area contributed by atoms with E-state index in [2.05, 4.69) is 63.7 Å². The van der Waals surface area contributed by atoms with Gasteiger partial charge < -0.3 is 15.7 Å². The molecule has 3 rings (SSSR count). The first kappa shape index (κ1) is 25.8. The van der Waals surface area contributed by atoms with E-state index in [0.717, 1.165) is 29.1 Å². The van der Waals surface area contributed by atoms with E-state index < -0.39 is 6.10 Å². The number of hydrogen-bond acceptors (Lipinski definition) is 4. The number of aliphatic imine (C=N–C) groups is 1. The summed E-state index contributed by atoms with van der Waals surface area (Å²) in [5, 5.41) is 23.8. The lowest BCUT2D eigenvalue weighted by Gasteiger charge is -2.20. The molecule has 32 heavy (non-hydrogen) atoms. The summed E-state index contributed by atoms with van der Waals surface area (Å²) in [6, 6.07) is 16.2. The van der Waals surface area contributed by atoms with Gasteiger partial charge in [-0.25, -0.2) is 9.98 Å². The second-order valence-corrected chi connectivity index (χ2v) is 8.50. The maximum absolute atomic E-state index is 10.6. The Morgan fingerprint density at radius 2 is 1.88 bits per heavy atom. The van der Waals surface area contributed by atoms with Gasteiger partial charge in [-0.05, 0) is 35.1 Å². The second kappa shape index (κ2) is 12.0. The molecule has 0 bridgehead atoms. The predicted molar refractivity (Wildman–Crippen MR) is 140 cm³/mol. The molecule has 8 heteroatoms. The van der Waals surface area contributed by atoms with Crippen LogP contribution in [0, 0.1) is 0 Å². The Hall–Kier alpha value is -2.46. The number of halogens is 1. The van der Waals surface area contributed by atoms with Crippen molar-refractivity contribution in [3.63, 3.8) is 0 Å². The summed E-state index contributed by atoms with van der Waals surface area (Å²) in [6.07, 6.45) is 0.877. The first-order valence-electron chi connectivity index (χ1n) is 10.6. The number of rotatable bonds is 7. The summed E-state index contributed by atoms with van der Waals surface area (Å²) in [4.78, 5) is 8.85. The highest BCUT2D eigenvalue weighted by atomic mass is 127. The van der Waals surface area contributed by atoms with Crippen LogP contribution in [-0.4, -0.2) is 39.3 Å². The molecule has 1 aromatic heterocycles. The zero-order valence-electron chi connectivity index (χ0n) is 19.1. The zero-order valence-corrected chi connectivity index (χ0v) is 21.4. The van der Waals surface area contributed by atoms with Crippen molar-refractivity contribution < 1.29 is 5.11 Å². The Morgan fingerprint density at radius 3 is 2.50 bits per heavy atom. The lowest BCUT2D eigenvalue weighted by Crippen LogP contribution is -2.39. The molecule has 1 atom stereocenters. The van der Waals surface area contributed by atoms with Gasteiger partial charge in [-0.1, -0.05) is 63.2 Å². The van der Waals surface area contributed by atoms with Gasteiger partial charge in [0.15, 0.2) is 11.8 Å². The van der Waals surface area contributed by atoms with Crippen LogP contribution in [0.2, 0.25) is 0 Å². The highest BCUT2D eigenvalue weighted by molar-refractivity contribution is 14.0. The Bertz CT molecular complexity index is 980. The van der Waals surface area contributed by atoms with Crippen molar-refractivity contribution >= 4 is 29.9 Å². The molecule has 0 aliphatic carbocycles. The zero-order chi connectivity index (χ0) is 22.3. The number of aromatic amines is 1. The molecule has 0 spiro atoms. The Labute approximate surface area is 207 Å². The monoisotopic (exact) mass is 548 g/mol. The van der Waals surface area contributed by atoms with E-state index in [1.54, 1.807) is 0 Å². The topological polar surface area (TPSA) is 98.2 Å². The Balaban J connectivity index is 0.00000363. The largest absolute Gasteiger partial charge is 0.387 e. The molecule has 0 saturated heterocycles. The van der Waals surface area contributed by atoms with Crippen molar-refractivity contribution in [2.45, 2.75) is 45.8 Å². The van der Waals surface area contributed by atoms with E-state index >= 15 is 0 Å². The van der Waals surface area contributed by atoms with E-state index in [9.17, 15) is 5.11 Å². The summed E-state index contributed by atoms with van der Waals surface area (Å²) >= 11 is 0. The molecule has 0 aliphatic rings. The molecule has 0 amide bonds. The number of aromatic nitrogens is 3. The van der Waals surface area contributed by atoms with Crippen LogP contribution in [0.5, 0.6) is 0 Å². The van der Waals surface area contributed by atoms with Crippen LogP contribution in [0.25, 0.3) is 11.4 Å². The number of guanidine groups is 1. The number of H-pyrrole nitrogens is 1. The normalized spacial score (nSPS) is 12.7. The molecule has 0 saturated carbocycles. The summed E-state index contributed by atoms with van der Waals surface area (Å²) < 4.78 is 0. The van der Waals surface area contributed by atoms with Gasteiger partial charge in [-0.2, -0.15) is 5.10 Å². The van der Waals surface area contributed by atoms with Crippen LogP contribution in [0.15, 0.2) is 59.9 Å². The molecule has 1 unspecified atom stereocenters. The minimum absolute atomic E-state index is 0. The quantitative estimate of drug-likeness (QED) is 0.202. The highest BCUT2D eigenvalue weighted by Crippen LogP contribution is 2.23. The van der Waals surface area contributed by atoms with Crippen LogP contribution in [0.4, 0.5) is 0 Å². The summed E-state index contributed by atoms with van der Waals surface area (Å²) in [7, 11) is 0. The van der Waals surface area contributed by atoms with Gasteiger partial charge in [-0.15, -0.1) is 24.0 Å². The molecule has 0 aliphatic heterocycles. The maximum atomic E-state index is 10.6. The third kappa shape index (κ3) is 7.30. The fourth-order valence-electron chi connectivity index (χ4n) is 3.19. The number of hydrogen-bond donors (Lipinski definition) is 4. The minimum Gasteiger partial charge on any atom is -0.387 e. The van der Waals surface area contributed by atoms with Gasteiger partial charge in [0.2, 0.25) is 0 Å². The second-order valence-electron chi connectivity index (χ2n) is 8.50. The molecule has 0 fully saturated rings. The molecule has 7 nitrogen and oxygen atoms in total. The van der Waals surface area contributed by atoms with Gasteiger partial charge in [0.25, 0.3) is 0 Å². The first-order chi connectivity index (χ1) is 14.9. The number of nitrogens with zero attached hydrogens (tertiary/aromatic N) is 3. The summed E-state index contributed by atoms with van der Waals surface area (Å²) in [5.41, 5.74) is 4.26. The number of nitrogens with one attached hydrogen (secondary N) is 3. The van der Waals surface area contributed by atoms with Gasteiger partial charge in [0.05, 0.1) is 12.6 Å². The average molecular weight is 548 g/mol. The van der Waals surface area contributed by atoms with Crippen LogP contribution in [0.3, 0.4) is 0 Å². The number of aliphatic hydroxyl groups excluding tert-OH is 1. The Morgan fingerprint density at radius 1 is 1.12 bits per heavy atom. The van der Waals surface area contributed by atoms with E-state index in [1.165, 1.54) is 11.9 Å². The van der Waals surface area contributed by atoms with E-state index in [-0.39, 0.29) is 29.4 Å². The smallest absolute Gasteiger partial charge is 0.191 e. The Kier molecular flexibility index (Phi) is 9.64. The van der Waals surface area contributed by atoms with E-state index in [0.29, 0.717) is 19.0 Å². The number of aliphatic hydroxyl groups is 1. The fraction of sp³-hybridized carbons (Fsp3) is 0.375. The van der Waals surface area contributed by atoms with Crippen molar-refractivity contribution in [3.05, 3.63) is 71.5 Å². The van der Waals surface area contributed by atoms with Gasteiger partial charge >= 0.3 is 0 Å². The standard InChI is InChI=1S/C24H32N6O.HI/c1-5-25-23(26-14-17-7-6-8-19(13-17)22-28-16-29-30-22)27-15-21(31)18-9-11-20(12-10-18)24(2,3)4;/h6-13,16,21,31H,5,14-15H2,1-4H3,(H2,25,26,27)(H,28,29,30);1H. The minimum atomic E-state index is -0.618. The van der Waals surface area contributed by atoms with Gasteiger partial charge in [0, 0.05) is 18.7 Å². The maximum Gasteiger partial charge on any atom is 0.191 e. The fourth-order valence-corrected chi connectivity index (χ4v) is 3.19. The van der Waals surface area contributed by atoms with Crippen LogP contribution in [0.1, 0.15) is 50.5 Å². The van der Waals surface area contributed by atoms with Crippen molar-refractivity contribution in [2.75, 3.05) is 13.1 Å². The molecule has 0 radical (unpaired) electrons. The summed E-state index contributed by atoms with van der Waals surface area (Å²) in [6.45, 7) is 10.2. The molecule has 3 aromatic rings. The lowest BCUT2D eigenvalue weighted by molar-refractivity contribution is 0.181. The molecular weight excluding hydrogens is 515 g/mol. The third-order valence-corrected chi connectivity index (χ3v) is 5.00. The molecule has 4 N–H and O–H groups in total. The van der Waals surface area contributed by atoms with Gasteiger partial charge in [0.1, 0.15) is 6.33 Å². The van der Waals surface area contributed by atoms with Crippen molar-refractivity contribution in [1.82, 2.24) is 25.8 Å². The van der Waals surface area contributed by atoms with Crippen LogP contribution >= 0.6 is 24.0 Å². The molecule has 1 heterocycles. The van der Waals surface area contributed by atoms with Gasteiger partial charge in [-0.3, -0.25) is 5.10 Å². The first-order valence-corrected chi connectivity index (χ1v) is 10.6. The molecular formula is C24H33IN6O. The third-order valence-electron chi connectivity index (χ3n) is 5.00. The highest BCUT2D eigenvalue weighted by Gasteiger charge is 2.15. The van der Waals surface area contributed by atoms with E-state index in [4.69, 9.17) is 0 Å². The van der Waals surface area contributed by atoms with Crippen molar-refractivity contribution in [1.29, 1.82) is 0 Å². The van der Waals surface area contributed by atoms with Crippen molar-refractivity contribution in [2.24, 2.45) is 4.99 Å². The summed E-state index contributed by atoms with van der Waals surface area (Å²) in [5.74, 6) is 1.40. The van der Waals surface area contributed by atoms with Crippen LogP contribution < -0.4 is 10.6 Å². The number of benzene rings is 2. The SMILES string of the molecule is CCNC(=NCc1cccc(-c2ncn[nH]2)c1)NCC(O)c1ccc(C(C)(C)C)cc1.I.